The zero-order valence-electron chi connectivity index (χ0n) is 10.3. The van der Waals surface area contributed by atoms with E-state index in [9.17, 15) is 13.6 Å². The zero-order valence-corrected chi connectivity index (χ0v) is 11.9. The van der Waals surface area contributed by atoms with Gasteiger partial charge in [-0.2, -0.15) is 8.78 Å². The van der Waals surface area contributed by atoms with E-state index in [-0.39, 0.29) is 30.7 Å². The third kappa shape index (κ3) is 5.12. The van der Waals surface area contributed by atoms with Crippen molar-refractivity contribution in [1.29, 1.82) is 0 Å². The fraction of sp³-hybridized carbons (Fsp3) is 0.417. The lowest BCUT2D eigenvalue weighted by Crippen LogP contribution is -2.32. The monoisotopic (exact) mass is 336 g/mol. The summed E-state index contributed by atoms with van der Waals surface area (Å²) < 4.78 is 29.6. The molecule has 1 atom stereocenters. The summed E-state index contributed by atoms with van der Waals surface area (Å²) in [6.45, 7) is -0.888. The van der Waals surface area contributed by atoms with Crippen LogP contribution in [-0.4, -0.2) is 19.1 Å². The summed E-state index contributed by atoms with van der Waals surface area (Å²) >= 11 is 3.24. The first-order valence-electron chi connectivity index (χ1n) is 5.65. The number of nitrogens with one attached hydrogen (secondary N) is 1. The van der Waals surface area contributed by atoms with E-state index < -0.39 is 6.61 Å². The maximum absolute atomic E-state index is 12.2. The van der Waals surface area contributed by atoms with E-state index in [4.69, 9.17) is 5.73 Å². The minimum Gasteiger partial charge on any atom is -0.434 e. The molecule has 0 saturated carbocycles. The molecule has 1 unspecified atom stereocenters. The molecule has 0 aliphatic rings. The summed E-state index contributed by atoms with van der Waals surface area (Å²) in [4.78, 5) is 11.6. The van der Waals surface area contributed by atoms with Crippen LogP contribution in [-0.2, 0) is 11.3 Å². The summed E-state index contributed by atoms with van der Waals surface area (Å²) in [6, 6.07) is 4.63. The maximum atomic E-state index is 12.2. The summed E-state index contributed by atoms with van der Waals surface area (Å²) in [5.41, 5.74) is 5.83. The van der Waals surface area contributed by atoms with Crippen LogP contribution in [0.1, 0.15) is 12.5 Å². The van der Waals surface area contributed by atoms with Crippen molar-refractivity contribution in [3.8, 4) is 5.75 Å². The summed E-state index contributed by atoms with van der Waals surface area (Å²) in [5, 5.41) is 2.63. The second-order valence-corrected chi connectivity index (χ2v) is 4.90. The Labute approximate surface area is 118 Å². The Hall–Kier alpha value is -1.21. The Morgan fingerprint density at radius 1 is 1.53 bits per heavy atom. The van der Waals surface area contributed by atoms with Gasteiger partial charge < -0.3 is 15.8 Å². The fourth-order valence-corrected chi connectivity index (χ4v) is 1.77. The molecule has 106 valence electrons. The quantitative estimate of drug-likeness (QED) is 0.837. The van der Waals surface area contributed by atoms with Gasteiger partial charge in [0, 0.05) is 29.0 Å². The summed E-state index contributed by atoms with van der Waals surface area (Å²) in [6.07, 6.45) is 0. The van der Waals surface area contributed by atoms with Crippen molar-refractivity contribution in [2.45, 2.75) is 20.1 Å². The fourth-order valence-electron chi connectivity index (χ4n) is 1.36. The molecular weight excluding hydrogens is 322 g/mol. The third-order valence-corrected chi connectivity index (χ3v) is 2.99. The predicted octanol–water partition coefficient (Wildman–Crippen LogP) is 2.26. The Kier molecular flexibility index (Phi) is 6.17. The Bertz CT molecular complexity index is 444. The molecule has 0 heterocycles. The molecule has 7 heteroatoms. The molecule has 1 aromatic carbocycles. The number of ether oxygens (including phenoxy) is 1. The average molecular weight is 337 g/mol. The highest BCUT2D eigenvalue weighted by atomic mass is 79.9. The number of alkyl halides is 2. The second-order valence-electron chi connectivity index (χ2n) is 3.99. The number of halogens is 3. The zero-order chi connectivity index (χ0) is 14.4. The van der Waals surface area contributed by atoms with Crippen molar-refractivity contribution in [1.82, 2.24) is 5.32 Å². The number of amides is 1. The van der Waals surface area contributed by atoms with Gasteiger partial charge in [0.25, 0.3) is 0 Å². The summed E-state index contributed by atoms with van der Waals surface area (Å²) in [5.74, 6) is -0.518. The molecule has 0 spiro atoms. The number of hydrogen-bond acceptors (Lipinski definition) is 3. The molecule has 1 amide bonds. The SMILES string of the molecule is CC(CN)C(=O)NCc1cc(Br)ccc1OC(F)F. The van der Waals surface area contributed by atoms with Crippen molar-refractivity contribution in [3.05, 3.63) is 28.2 Å². The molecule has 0 bridgehead atoms. The van der Waals surface area contributed by atoms with Crippen LogP contribution in [0.3, 0.4) is 0 Å². The van der Waals surface area contributed by atoms with E-state index >= 15 is 0 Å². The topological polar surface area (TPSA) is 64.4 Å². The molecule has 4 nitrogen and oxygen atoms in total. The van der Waals surface area contributed by atoms with Crippen molar-refractivity contribution in [2.75, 3.05) is 6.54 Å². The van der Waals surface area contributed by atoms with Gasteiger partial charge in [-0.05, 0) is 18.2 Å². The number of carbonyl (C=O) groups excluding carboxylic acids is 1. The predicted molar refractivity (Wildman–Crippen MR) is 70.8 cm³/mol. The van der Waals surface area contributed by atoms with Gasteiger partial charge in [-0.3, -0.25) is 4.79 Å². The van der Waals surface area contributed by atoms with Gasteiger partial charge in [-0.1, -0.05) is 22.9 Å². The van der Waals surface area contributed by atoms with E-state index in [1.54, 1.807) is 19.1 Å². The van der Waals surface area contributed by atoms with Crippen LogP contribution in [0.25, 0.3) is 0 Å². The number of carbonyl (C=O) groups is 1. The Balaban J connectivity index is 2.75. The highest BCUT2D eigenvalue weighted by Crippen LogP contribution is 2.24. The van der Waals surface area contributed by atoms with E-state index in [0.29, 0.717) is 10.0 Å². The van der Waals surface area contributed by atoms with Gasteiger partial charge in [-0.15, -0.1) is 0 Å². The average Bonchev–Trinajstić information content (AvgIpc) is 2.37. The number of hydrogen-bond donors (Lipinski definition) is 2. The molecule has 0 fully saturated rings. The van der Waals surface area contributed by atoms with Crippen LogP contribution >= 0.6 is 15.9 Å². The highest BCUT2D eigenvalue weighted by molar-refractivity contribution is 9.10. The van der Waals surface area contributed by atoms with Crippen LogP contribution < -0.4 is 15.8 Å². The second kappa shape index (κ2) is 7.40. The molecular formula is C12H15BrF2N2O2. The Morgan fingerprint density at radius 3 is 2.79 bits per heavy atom. The summed E-state index contributed by atoms with van der Waals surface area (Å²) in [7, 11) is 0. The van der Waals surface area contributed by atoms with Crippen LogP contribution in [0, 0.1) is 5.92 Å². The van der Waals surface area contributed by atoms with Gasteiger partial charge in [0.1, 0.15) is 5.75 Å². The van der Waals surface area contributed by atoms with Crippen LogP contribution in [0.5, 0.6) is 5.75 Å². The minimum absolute atomic E-state index is 0.0406. The lowest BCUT2D eigenvalue weighted by atomic mass is 10.1. The molecule has 3 N–H and O–H groups in total. The number of nitrogens with two attached hydrogens (primary N) is 1. The number of benzene rings is 1. The lowest BCUT2D eigenvalue weighted by Gasteiger charge is -2.13. The van der Waals surface area contributed by atoms with Crippen molar-refractivity contribution < 1.29 is 18.3 Å². The maximum Gasteiger partial charge on any atom is 0.387 e. The van der Waals surface area contributed by atoms with Crippen LogP contribution in [0.2, 0.25) is 0 Å². The van der Waals surface area contributed by atoms with Gasteiger partial charge in [-0.25, -0.2) is 0 Å². The van der Waals surface area contributed by atoms with E-state index in [2.05, 4.69) is 26.0 Å². The lowest BCUT2D eigenvalue weighted by molar-refractivity contribution is -0.124. The minimum atomic E-state index is -2.90. The first-order valence-corrected chi connectivity index (χ1v) is 6.44. The van der Waals surface area contributed by atoms with E-state index in [1.807, 2.05) is 0 Å². The molecule has 0 aliphatic carbocycles. The smallest absolute Gasteiger partial charge is 0.387 e. The molecule has 0 saturated heterocycles. The van der Waals surface area contributed by atoms with Gasteiger partial charge in [0.2, 0.25) is 5.91 Å². The molecule has 1 aromatic rings. The standard InChI is InChI=1S/C12H15BrF2N2O2/c1-7(5-16)11(18)17-6-8-4-9(13)2-3-10(8)19-12(14)15/h2-4,7,12H,5-6,16H2,1H3,(H,17,18). The highest BCUT2D eigenvalue weighted by Gasteiger charge is 2.13. The third-order valence-electron chi connectivity index (χ3n) is 2.49. The van der Waals surface area contributed by atoms with Gasteiger partial charge >= 0.3 is 6.61 Å². The van der Waals surface area contributed by atoms with Gasteiger partial charge in [0.05, 0.1) is 0 Å². The van der Waals surface area contributed by atoms with E-state index in [0.717, 1.165) is 0 Å². The van der Waals surface area contributed by atoms with Crippen molar-refractivity contribution >= 4 is 21.8 Å². The molecule has 0 aliphatic heterocycles. The van der Waals surface area contributed by atoms with E-state index in [1.165, 1.54) is 6.07 Å². The van der Waals surface area contributed by atoms with Crippen LogP contribution in [0.15, 0.2) is 22.7 Å². The molecule has 0 radical (unpaired) electrons. The normalized spacial score (nSPS) is 12.3. The Morgan fingerprint density at radius 2 is 2.21 bits per heavy atom. The largest absolute Gasteiger partial charge is 0.434 e. The molecule has 19 heavy (non-hydrogen) atoms. The van der Waals surface area contributed by atoms with Gasteiger partial charge in [0.15, 0.2) is 0 Å². The molecule has 0 aromatic heterocycles. The number of rotatable bonds is 6. The first kappa shape index (κ1) is 15.8. The first-order chi connectivity index (χ1) is 8.93. The van der Waals surface area contributed by atoms with Crippen molar-refractivity contribution in [3.63, 3.8) is 0 Å². The molecule has 1 rings (SSSR count). The van der Waals surface area contributed by atoms with Crippen molar-refractivity contribution in [2.24, 2.45) is 11.7 Å². The van der Waals surface area contributed by atoms with Crippen LogP contribution in [0.4, 0.5) is 8.78 Å².